The topological polar surface area (TPSA) is 63.5 Å². The first kappa shape index (κ1) is 13.4. The Morgan fingerprint density at radius 2 is 2.26 bits per heavy atom. The fourth-order valence-electron chi connectivity index (χ4n) is 1.86. The van der Waals surface area contributed by atoms with Crippen LogP contribution in [0.3, 0.4) is 0 Å². The summed E-state index contributed by atoms with van der Waals surface area (Å²) in [5.41, 5.74) is 7.29. The van der Waals surface area contributed by atoms with Crippen molar-refractivity contribution >= 4 is 16.9 Å². The molecule has 0 saturated heterocycles. The van der Waals surface area contributed by atoms with Crippen molar-refractivity contribution in [1.29, 1.82) is 0 Å². The lowest BCUT2D eigenvalue weighted by Crippen LogP contribution is -2.32. The van der Waals surface area contributed by atoms with E-state index < -0.39 is 0 Å². The van der Waals surface area contributed by atoms with Crippen LogP contribution in [0.1, 0.15) is 24.7 Å². The maximum absolute atomic E-state index is 13.2. The normalized spacial score (nSPS) is 12.1. The summed E-state index contributed by atoms with van der Waals surface area (Å²) >= 11 is 0. The third-order valence-electron chi connectivity index (χ3n) is 2.95. The molecule has 0 aliphatic rings. The molecule has 0 fully saturated rings. The second-order valence-corrected chi connectivity index (χ2v) is 4.42. The molecule has 3 N–H and O–H groups in total. The molecule has 0 spiro atoms. The number of furan rings is 1. The fraction of sp³-hybridized carbons (Fsp3) is 0.357. The Morgan fingerprint density at radius 1 is 1.47 bits per heavy atom. The van der Waals surface area contributed by atoms with Gasteiger partial charge < -0.3 is 15.5 Å². The van der Waals surface area contributed by atoms with Gasteiger partial charge in [0.2, 0.25) is 0 Å². The van der Waals surface area contributed by atoms with Gasteiger partial charge in [0.25, 0.3) is 0 Å². The first-order valence-corrected chi connectivity index (χ1v) is 6.33. The minimum absolute atomic E-state index is 0.268. The minimum atomic E-state index is -0.268. The molecule has 0 bridgehead atoms. The van der Waals surface area contributed by atoms with Crippen LogP contribution in [0.2, 0.25) is 0 Å². The highest BCUT2D eigenvalue weighted by molar-refractivity contribution is 5.82. The molecule has 0 aliphatic heterocycles. The molecule has 1 aromatic heterocycles. The van der Waals surface area contributed by atoms with Crippen LogP contribution in [-0.2, 0) is 6.54 Å². The highest BCUT2D eigenvalue weighted by Crippen LogP contribution is 2.26. The molecular formula is C14H18FN3O. The van der Waals surface area contributed by atoms with Crippen molar-refractivity contribution in [3.05, 3.63) is 35.3 Å². The van der Waals surface area contributed by atoms with Gasteiger partial charge in [0.05, 0.1) is 0 Å². The molecule has 5 heteroatoms. The molecule has 1 aromatic carbocycles. The van der Waals surface area contributed by atoms with Gasteiger partial charge in [-0.15, -0.1) is 0 Å². The summed E-state index contributed by atoms with van der Waals surface area (Å²) in [6, 6.07) is 4.49. The molecule has 19 heavy (non-hydrogen) atoms. The molecule has 0 atom stereocenters. The highest BCUT2D eigenvalue weighted by atomic mass is 19.1. The van der Waals surface area contributed by atoms with Crippen molar-refractivity contribution < 1.29 is 8.81 Å². The number of guanidine groups is 1. The summed E-state index contributed by atoms with van der Waals surface area (Å²) < 4.78 is 18.8. The SMILES string of the molecule is CCCNC(N)=NCc1oc2ccc(F)cc2c1C. The zero-order valence-corrected chi connectivity index (χ0v) is 11.2. The van der Waals surface area contributed by atoms with E-state index in [0.717, 1.165) is 23.9 Å². The van der Waals surface area contributed by atoms with Crippen LogP contribution in [-0.4, -0.2) is 12.5 Å². The van der Waals surface area contributed by atoms with Gasteiger partial charge in [0, 0.05) is 17.5 Å². The number of hydrogen-bond acceptors (Lipinski definition) is 2. The minimum Gasteiger partial charge on any atom is -0.459 e. The molecule has 2 rings (SSSR count). The van der Waals surface area contributed by atoms with E-state index in [1.165, 1.54) is 12.1 Å². The lowest BCUT2D eigenvalue weighted by Gasteiger charge is -2.02. The Labute approximate surface area is 111 Å². The lowest BCUT2D eigenvalue weighted by atomic mass is 10.1. The summed E-state index contributed by atoms with van der Waals surface area (Å²) in [6.45, 7) is 5.09. The monoisotopic (exact) mass is 263 g/mol. The van der Waals surface area contributed by atoms with Crippen molar-refractivity contribution in [1.82, 2.24) is 5.32 Å². The molecule has 0 amide bonds. The van der Waals surface area contributed by atoms with E-state index in [2.05, 4.69) is 17.2 Å². The van der Waals surface area contributed by atoms with Gasteiger partial charge in [-0.25, -0.2) is 9.38 Å². The molecule has 4 nitrogen and oxygen atoms in total. The van der Waals surface area contributed by atoms with E-state index in [4.69, 9.17) is 10.2 Å². The fourth-order valence-corrected chi connectivity index (χ4v) is 1.86. The van der Waals surface area contributed by atoms with Crippen molar-refractivity contribution in [2.24, 2.45) is 10.7 Å². The Hall–Kier alpha value is -2.04. The van der Waals surface area contributed by atoms with Crippen LogP contribution in [0, 0.1) is 12.7 Å². The number of aryl methyl sites for hydroxylation is 1. The number of nitrogens with two attached hydrogens (primary N) is 1. The third kappa shape index (κ3) is 3.05. The van der Waals surface area contributed by atoms with Crippen molar-refractivity contribution in [2.75, 3.05) is 6.54 Å². The predicted octanol–water partition coefficient (Wildman–Crippen LogP) is 2.69. The maximum Gasteiger partial charge on any atom is 0.189 e. The molecular weight excluding hydrogens is 245 g/mol. The maximum atomic E-state index is 13.2. The van der Waals surface area contributed by atoms with E-state index in [0.29, 0.717) is 23.8 Å². The number of rotatable bonds is 4. The first-order chi connectivity index (χ1) is 9.11. The second-order valence-electron chi connectivity index (χ2n) is 4.42. The number of nitrogens with one attached hydrogen (secondary N) is 1. The summed E-state index contributed by atoms with van der Waals surface area (Å²) in [7, 11) is 0. The van der Waals surface area contributed by atoms with Gasteiger partial charge in [0.1, 0.15) is 23.7 Å². The number of hydrogen-bond donors (Lipinski definition) is 2. The number of halogens is 1. The average molecular weight is 263 g/mol. The summed E-state index contributed by atoms with van der Waals surface area (Å²) in [4.78, 5) is 4.21. The predicted molar refractivity (Wildman–Crippen MR) is 74.5 cm³/mol. The number of fused-ring (bicyclic) bond motifs is 1. The quantitative estimate of drug-likeness (QED) is 0.658. The second kappa shape index (κ2) is 5.73. The van der Waals surface area contributed by atoms with Gasteiger partial charge in [-0.05, 0) is 31.5 Å². The number of benzene rings is 1. The molecule has 0 aliphatic carbocycles. The Bertz CT molecular complexity index is 604. The molecule has 102 valence electrons. The van der Waals surface area contributed by atoms with E-state index in [9.17, 15) is 4.39 Å². The van der Waals surface area contributed by atoms with Crippen LogP contribution in [0.25, 0.3) is 11.0 Å². The first-order valence-electron chi connectivity index (χ1n) is 6.33. The number of aliphatic imine (C=N–C) groups is 1. The largest absolute Gasteiger partial charge is 0.459 e. The van der Waals surface area contributed by atoms with Gasteiger partial charge in [0.15, 0.2) is 5.96 Å². The van der Waals surface area contributed by atoms with E-state index >= 15 is 0 Å². The summed E-state index contributed by atoms with van der Waals surface area (Å²) in [6.07, 6.45) is 0.985. The molecule has 1 heterocycles. The van der Waals surface area contributed by atoms with Crippen molar-refractivity contribution in [2.45, 2.75) is 26.8 Å². The van der Waals surface area contributed by atoms with Crippen LogP contribution in [0.5, 0.6) is 0 Å². The average Bonchev–Trinajstić information content (AvgIpc) is 2.71. The number of nitrogens with zero attached hydrogens (tertiary/aromatic N) is 1. The van der Waals surface area contributed by atoms with Gasteiger partial charge >= 0.3 is 0 Å². The summed E-state index contributed by atoms with van der Waals surface area (Å²) in [5.74, 6) is 0.838. The molecule has 0 radical (unpaired) electrons. The van der Waals surface area contributed by atoms with Crippen LogP contribution in [0.4, 0.5) is 4.39 Å². The van der Waals surface area contributed by atoms with E-state index in [1.54, 1.807) is 6.07 Å². The highest BCUT2D eigenvalue weighted by Gasteiger charge is 2.10. The van der Waals surface area contributed by atoms with E-state index in [-0.39, 0.29) is 5.82 Å². The Kier molecular flexibility index (Phi) is 4.04. The Balaban J connectivity index is 2.19. The van der Waals surface area contributed by atoms with Gasteiger partial charge in [-0.3, -0.25) is 0 Å². The summed E-state index contributed by atoms with van der Waals surface area (Å²) in [5, 5.41) is 3.77. The smallest absolute Gasteiger partial charge is 0.189 e. The standard InChI is InChI=1S/C14H18FN3O/c1-3-6-17-14(16)18-8-13-9(2)11-7-10(15)4-5-12(11)19-13/h4-5,7H,3,6,8H2,1-2H3,(H3,16,17,18). The third-order valence-corrected chi connectivity index (χ3v) is 2.95. The van der Waals surface area contributed by atoms with E-state index in [1.807, 2.05) is 6.92 Å². The van der Waals surface area contributed by atoms with Crippen molar-refractivity contribution in [3.8, 4) is 0 Å². The van der Waals surface area contributed by atoms with Crippen LogP contribution >= 0.6 is 0 Å². The Morgan fingerprint density at radius 3 is 3.00 bits per heavy atom. The van der Waals surface area contributed by atoms with Crippen molar-refractivity contribution in [3.63, 3.8) is 0 Å². The molecule has 0 saturated carbocycles. The van der Waals surface area contributed by atoms with Crippen LogP contribution in [0.15, 0.2) is 27.6 Å². The zero-order valence-electron chi connectivity index (χ0n) is 11.2. The van der Waals surface area contributed by atoms with Gasteiger partial charge in [-0.1, -0.05) is 6.92 Å². The van der Waals surface area contributed by atoms with Gasteiger partial charge in [-0.2, -0.15) is 0 Å². The molecule has 0 unspecified atom stereocenters. The van der Waals surface area contributed by atoms with Crippen LogP contribution < -0.4 is 11.1 Å². The molecule has 2 aromatic rings. The zero-order chi connectivity index (χ0) is 13.8. The lowest BCUT2D eigenvalue weighted by molar-refractivity contribution is 0.547.